The number of nitrogens with zero attached hydrogens (tertiary/aromatic N) is 2. The van der Waals surface area contributed by atoms with Crippen LogP contribution in [0, 0.1) is 0 Å². The molecule has 1 aliphatic heterocycles. The Balaban J connectivity index is 1.66. The third kappa shape index (κ3) is 5.64. The molecule has 9 heteroatoms. The average Bonchev–Trinajstić information content (AvgIpc) is 3.10. The van der Waals surface area contributed by atoms with E-state index in [4.69, 9.17) is 21.1 Å². The summed E-state index contributed by atoms with van der Waals surface area (Å²) in [6, 6.07) is 6.26. The van der Waals surface area contributed by atoms with Crippen molar-refractivity contribution in [2.45, 2.75) is 38.3 Å². The van der Waals surface area contributed by atoms with Crippen LogP contribution in [0.15, 0.2) is 30.5 Å². The van der Waals surface area contributed by atoms with Crippen LogP contribution >= 0.6 is 11.6 Å². The number of benzene rings is 1. The molecule has 0 bridgehead atoms. The van der Waals surface area contributed by atoms with Crippen molar-refractivity contribution < 1.29 is 23.0 Å². The van der Waals surface area contributed by atoms with Crippen LogP contribution in [0.4, 0.5) is 14.5 Å². The highest BCUT2D eigenvalue weighted by molar-refractivity contribution is 6.31. The number of anilines is 1. The van der Waals surface area contributed by atoms with Gasteiger partial charge in [-0.3, -0.25) is 9.48 Å². The third-order valence-corrected chi connectivity index (χ3v) is 4.32. The Hall–Kier alpha value is -2.19. The Morgan fingerprint density at radius 3 is 3.00 bits per heavy atom. The summed E-state index contributed by atoms with van der Waals surface area (Å²) < 4.78 is 37.3. The number of alkyl halides is 2. The molecule has 1 aliphatic rings. The molecule has 0 aliphatic carbocycles. The van der Waals surface area contributed by atoms with Gasteiger partial charge in [-0.05, 0) is 43.5 Å². The number of halogens is 3. The van der Waals surface area contributed by atoms with Gasteiger partial charge in [0.1, 0.15) is 18.9 Å². The van der Waals surface area contributed by atoms with Crippen molar-refractivity contribution in [2.24, 2.45) is 0 Å². The van der Waals surface area contributed by atoms with Crippen molar-refractivity contribution >= 4 is 23.2 Å². The lowest BCUT2D eigenvalue weighted by molar-refractivity contribution is -0.0109. The predicted octanol–water partition coefficient (Wildman–Crippen LogP) is 4.00. The van der Waals surface area contributed by atoms with E-state index in [1.54, 1.807) is 18.2 Å². The van der Waals surface area contributed by atoms with Crippen LogP contribution < -0.4 is 10.1 Å². The maximum Gasteiger partial charge on any atom is 0.276 e. The number of carbonyl (C=O) groups is 1. The summed E-state index contributed by atoms with van der Waals surface area (Å²) in [5.74, 6) is -0.0852. The molecule has 1 unspecified atom stereocenters. The smallest absolute Gasteiger partial charge is 0.276 e. The fraction of sp³-hybridized carbons (Fsp3) is 0.444. The van der Waals surface area contributed by atoms with Crippen molar-refractivity contribution in [1.29, 1.82) is 0 Å². The summed E-state index contributed by atoms with van der Waals surface area (Å²) in [7, 11) is 0. The number of hydrogen-bond donors (Lipinski definition) is 1. The van der Waals surface area contributed by atoms with Gasteiger partial charge >= 0.3 is 0 Å². The molecule has 146 valence electrons. The van der Waals surface area contributed by atoms with Crippen molar-refractivity contribution in [3.63, 3.8) is 0 Å². The largest absolute Gasteiger partial charge is 0.489 e. The van der Waals surface area contributed by atoms with Crippen LogP contribution in [0.2, 0.25) is 5.02 Å². The van der Waals surface area contributed by atoms with E-state index < -0.39 is 18.9 Å². The Morgan fingerprint density at radius 1 is 1.41 bits per heavy atom. The van der Waals surface area contributed by atoms with E-state index in [0.717, 1.165) is 30.6 Å². The molecule has 1 fully saturated rings. The second kappa shape index (κ2) is 9.14. The minimum atomic E-state index is -2.55. The molecular formula is C18H20ClF2N3O3. The number of aromatic nitrogens is 2. The van der Waals surface area contributed by atoms with Gasteiger partial charge in [-0.1, -0.05) is 11.6 Å². The van der Waals surface area contributed by atoms with E-state index in [2.05, 4.69) is 10.4 Å². The van der Waals surface area contributed by atoms with Gasteiger partial charge in [-0.15, -0.1) is 0 Å². The fourth-order valence-corrected chi connectivity index (χ4v) is 2.93. The van der Waals surface area contributed by atoms with Crippen molar-refractivity contribution in [3.05, 3.63) is 41.2 Å². The van der Waals surface area contributed by atoms with Crippen molar-refractivity contribution in [2.75, 3.05) is 18.5 Å². The van der Waals surface area contributed by atoms with Gasteiger partial charge in [0.2, 0.25) is 0 Å². The molecule has 1 saturated heterocycles. The summed E-state index contributed by atoms with van der Waals surface area (Å²) in [5.41, 5.74) is 0.406. The van der Waals surface area contributed by atoms with Crippen LogP contribution in [-0.4, -0.2) is 41.4 Å². The SMILES string of the molecule is O=C(Nc1cc(Cl)ccc1OCC1CCCCO1)c1ccn(CC(F)F)n1. The molecule has 1 aromatic heterocycles. The summed E-state index contributed by atoms with van der Waals surface area (Å²) in [6.07, 6.45) is 1.88. The number of nitrogens with one attached hydrogen (secondary N) is 1. The van der Waals surface area contributed by atoms with E-state index in [1.165, 1.54) is 12.3 Å². The molecule has 0 spiro atoms. The van der Waals surface area contributed by atoms with Crippen LogP contribution in [-0.2, 0) is 11.3 Å². The highest BCUT2D eigenvalue weighted by Crippen LogP contribution is 2.29. The summed E-state index contributed by atoms with van der Waals surface area (Å²) in [5, 5.41) is 6.94. The molecule has 1 N–H and O–H groups in total. The molecule has 1 atom stereocenters. The summed E-state index contributed by atoms with van der Waals surface area (Å²) in [4.78, 5) is 12.4. The van der Waals surface area contributed by atoms with Gasteiger partial charge < -0.3 is 14.8 Å². The molecular weight excluding hydrogens is 380 g/mol. The monoisotopic (exact) mass is 399 g/mol. The molecule has 1 amide bonds. The first-order valence-electron chi connectivity index (χ1n) is 8.68. The van der Waals surface area contributed by atoms with Gasteiger partial charge in [0.25, 0.3) is 12.3 Å². The maximum absolute atomic E-state index is 12.4. The van der Waals surface area contributed by atoms with Gasteiger partial charge in [0.15, 0.2) is 5.69 Å². The first kappa shape index (κ1) is 19.6. The Morgan fingerprint density at radius 2 is 2.26 bits per heavy atom. The van der Waals surface area contributed by atoms with Crippen LogP contribution in [0.5, 0.6) is 5.75 Å². The number of carbonyl (C=O) groups excluding carboxylic acids is 1. The van der Waals surface area contributed by atoms with Crippen molar-refractivity contribution in [3.8, 4) is 5.75 Å². The van der Waals surface area contributed by atoms with Gasteiger partial charge in [0, 0.05) is 17.8 Å². The van der Waals surface area contributed by atoms with Gasteiger partial charge in [-0.2, -0.15) is 5.10 Å². The minimum Gasteiger partial charge on any atom is -0.489 e. The van der Waals surface area contributed by atoms with Crippen molar-refractivity contribution in [1.82, 2.24) is 9.78 Å². The molecule has 0 saturated carbocycles. The number of ether oxygens (including phenoxy) is 2. The van der Waals surface area contributed by atoms with E-state index in [9.17, 15) is 13.6 Å². The Labute approximate surface area is 160 Å². The van der Waals surface area contributed by atoms with E-state index in [-0.39, 0.29) is 11.8 Å². The second-order valence-corrected chi connectivity index (χ2v) is 6.64. The number of rotatable bonds is 7. The van der Waals surface area contributed by atoms with Gasteiger partial charge in [-0.25, -0.2) is 8.78 Å². The van der Waals surface area contributed by atoms with Crippen LogP contribution in [0.25, 0.3) is 0 Å². The first-order valence-corrected chi connectivity index (χ1v) is 9.06. The minimum absolute atomic E-state index is 0.0167. The number of amides is 1. The highest BCUT2D eigenvalue weighted by atomic mass is 35.5. The average molecular weight is 400 g/mol. The molecule has 3 rings (SSSR count). The molecule has 0 radical (unpaired) electrons. The highest BCUT2D eigenvalue weighted by Gasteiger charge is 2.17. The normalized spacial score (nSPS) is 17.1. The van der Waals surface area contributed by atoms with E-state index >= 15 is 0 Å². The lowest BCUT2D eigenvalue weighted by Gasteiger charge is -2.23. The zero-order valence-corrected chi connectivity index (χ0v) is 15.3. The molecule has 27 heavy (non-hydrogen) atoms. The summed E-state index contributed by atoms with van der Waals surface area (Å²) in [6.45, 7) is 0.521. The topological polar surface area (TPSA) is 65.4 Å². The van der Waals surface area contributed by atoms with E-state index in [0.29, 0.717) is 23.1 Å². The van der Waals surface area contributed by atoms with Crippen LogP contribution in [0.3, 0.4) is 0 Å². The standard InChI is InChI=1S/C18H20ClF2N3O3/c19-12-4-5-16(27-11-13-3-1-2-8-26-13)15(9-12)22-18(25)14-6-7-24(23-14)10-17(20)21/h4-7,9,13,17H,1-3,8,10-11H2,(H,22,25). The molecule has 6 nitrogen and oxygen atoms in total. The zero-order chi connectivity index (χ0) is 19.2. The summed E-state index contributed by atoms with van der Waals surface area (Å²) >= 11 is 6.02. The molecule has 1 aromatic carbocycles. The van der Waals surface area contributed by atoms with E-state index in [1.807, 2.05) is 0 Å². The number of hydrogen-bond acceptors (Lipinski definition) is 4. The second-order valence-electron chi connectivity index (χ2n) is 6.21. The zero-order valence-electron chi connectivity index (χ0n) is 14.5. The lowest BCUT2D eigenvalue weighted by Crippen LogP contribution is -2.26. The lowest BCUT2D eigenvalue weighted by atomic mass is 10.1. The maximum atomic E-state index is 12.4. The Bertz CT molecular complexity index is 779. The molecule has 2 heterocycles. The predicted molar refractivity (Wildman–Crippen MR) is 96.7 cm³/mol. The third-order valence-electron chi connectivity index (χ3n) is 4.09. The first-order chi connectivity index (χ1) is 13.0. The Kier molecular flexibility index (Phi) is 6.63. The van der Waals surface area contributed by atoms with Gasteiger partial charge in [0.05, 0.1) is 11.8 Å². The quantitative estimate of drug-likeness (QED) is 0.764. The van der Waals surface area contributed by atoms with Crippen LogP contribution in [0.1, 0.15) is 29.8 Å². The molecule has 2 aromatic rings. The fourth-order valence-electron chi connectivity index (χ4n) is 2.76.